The van der Waals surface area contributed by atoms with Gasteiger partial charge in [0, 0.05) is 38.7 Å². The number of aryl methyl sites for hydroxylation is 2. The highest BCUT2D eigenvalue weighted by Crippen LogP contribution is 2.24. The highest BCUT2D eigenvalue weighted by Gasteiger charge is 2.25. The molecule has 2 aliphatic rings. The first-order valence-electron chi connectivity index (χ1n) is 9.52. The highest BCUT2D eigenvalue weighted by atomic mass is 32.2. The topological polar surface area (TPSA) is 110 Å². The first kappa shape index (κ1) is 18.9. The number of hydrogen-bond acceptors (Lipinski definition) is 8. The molecule has 4 heterocycles. The van der Waals surface area contributed by atoms with Crippen LogP contribution in [0.3, 0.4) is 0 Å². The zero-order chi connectivity index (χ0) is 19.7. The smallest absolute Gasteiger partial charge is 0.266 e. The second-order valence-electron chi connectivity index (χ2n) is 7.42. The predicted molar refractivity (Wildman–Crippen MR) is 106 cm³/mol. The summed E-state index contributed by atoms with van der Waals surface area (Å²) in [6.07, 6.45) is 3.64. The van der Waals surface area contributed by atoms with E-state index in [0.29, 0.717) is 18.8 Å². The van der Waals surface area contributed by atoms with Crippen LogP contribution in [0, 0.1) is 0 Å². The minimum Gasteiger partial charge on any atom is -0.367 e. The molecule has 9 nitrogen and oxygen atoms in total. The zero-order valence-corrected chi connectivity index (χ0v) is 16.7. The van der Waals surface area contributed by atoms with E-state index in [9.17, 15) is 13.2 Å². The molecule has 1 atom stereocenters. The van der Waals surface area contributed by atoms with Crippen LogP contribution in [0.5, 0.6) is 0 Å². The molecule has 0 radical (unpaired) electrons. The maximum absolute atomic E-state index is 11.9. The molecule has 0 aliphatic carbocycles. The minimum absolute atomic E-state index is 0.0318. The third-order valence-electron chi connectivity index (χ3n) is 5.37. The second kappa shape index (κ2) is 7.50. The Bertz CT molecular complexity index is 1040. The van der Waals surface area contributed by atoms with Gasteiger partial charge in [-0.25, -0.2) is 13.1 Å². The monoisotopic (exact) mass is 404 g/mol. The van der Waals surface area contributed by atoms with Crippen LogP contribution in [0.1, 0.15) is 30.5 Å². The van der Waals surface area contributed by atoms with E-state index in [4.69, 9.17) is 0 Å². The van der Waals surface area contributed by atoms with E-state index in [1.165, 1.54) is 10.7 Å². The quantitative estimate of drug-likeness (QED) is 0.785. The van der Waals surface area contributed by atoms with Crippen LogP contribution in [0.25, 0.3) is 0 Å². The Balaban J connectivity index is 1.48. The van der Waals surface area contributed by atoms with Gasteiger partial charge in [0.15, 0.2) is 9.84 Å². The van der Waals surface area contributed by atoms with Crippen molar-refractivity contribution in [2.24, 2.45) is 7.05 Å². The fourth-order valence-electron chi connectivity index (χ4n) is 3.82. The number of nitrogens with zero attached hydrogens (tertiary/aromatic N) is 5. The lowest BCUT2D eigenvalue weighted by Gasteiger charge is -2.36. The number of hydrogen-bond donors (Lipinski definition) is 1. The third kappa shape index (κ3) is 4.01. The summed E-state index contributed by atoms with van der Waals surface area (Å²) >= 11 is 0. The van der Waals surface area contributed by atoms with Crippen LogP contribution >= 0.6 is 0 Å². The molecule has 4 rings (SSSR count). The number of nitrogens with one attached hydrogen (secondary N) is 1. The molecule has 0 bridgehead atoms. The summed E-state index contributed by atoms with van der Waals surface area (Å²) in [5.41, 5.74) is 1.38. The van der Waals surface area contributed by atoms with Crippen LogP contribution in [-0.4, -0.2) is 53.3 Å². The standard InChI is InChI=1S/C18H24N6O3S/c1-23-18(25)6-5-17(22-23)24-8-3-2-4-14(24)11-19-16-10-13-12-28(26,27)9-7-15(13)20-21-16/h5-6,10,14H,2-4,7-9,11-12H2,1H3,(H,19,21). The fourth-order valence-corrected chi connectivity index (χ4v) is 5.19. The largest absolute Gasteiger partial charge is 0.367 e. The van der Waals surface area contributed by atoms with Gasteiger partial charge < -0.3 is 10.2 Å². The summed E-state index contributed by atoms with van der Waals surface area (Å²) in [7, 11) is -1.39. The van der Waals surface area contributed by atoms with Crippen molar-refractivity contribution in [3.63, 3.8) is 0 Å². The summed E-state index contributed by atoms with van der Waals surface area (Å²) in [5, 5.41) is 16.1. The molecule has 10 heteroatoms. The van der Waals surface area contributed by atoms with Gasteiger partial charge in [-0.05, 0) is 37.0 Å². The van der Waals surface area contributed by atoms with E-state index in [1.54, 1.807) is 19.2 Å². The Morgan fingerprint density at radius 2 is 2.11 bits per heavy atom. The summed E-state index contributed by atoms with van der Waals surface area (Å²) in [6, 6.07) is 5.32. The molecule has 150 valence electrons. The van der Waals surface area contributed by atoms with Crippen LogP contribution in [0.2, 0.25) is 0 Å². The van der Waals surface area contributed by atoms with Crippen molar-refractivity contribution >= 4 is 21.5 Å². The van der Waals surface area contributed by atoms with Gasteiger partial charge in [0.1, 0.15) is 11.6 Å². The Kier molecular flexibility index (Phi) is 5.05. The van der Waals surface area contributed by atoms with Crippen molar-refractivity contribution in [3.8, 4) is 0 Å². The number of sulfone groups is 1. The Labute approximate surface area is 163 Å². The zero-order valence-electron chi connectivity index (χ0n) is 15.8. The lowest BCUT2D eigenvalue weighted by Crippen LogP contribution is -2.45. The lowest BCUT2D eigenvalue weighted by atomic mass is 10.0. The molecular formula is C18H24N6O3S. The molecule has 1 saturated heterocycles. The van der Waals surface area contributed by atoms with Gasteiger partial charge in [-0.1, -0.05) is 0 Å². The number of aromatic nitrogens is 4. The molecule has 0 aromatic carbocycles. The average Bonchev–Trinajstić information content (AvgIpc) is 2.68. The van der Waals surface area contributed by atoms with Crippen molar-refractivity contribution in [1.29, 1.82) is 0 Å². The van der Waals surface area contributed by atoms with E-state index in [-0.39, 0.29) is 23.1 Å². The maximum atomic E-state index is 11.9. The van der Waals surface area contributed by atoms with Gasteiger partial charge in [0.05, 0.1) is 17.2 Å². The summed E-state index contributed by atoms with van der Waals surface area (Å²) < 4.78 is 25.1. The van der Waals surface area contributed by atoms with Gasteiger partial charge in [0.25, 0.3) is 5.56 Å². The van der Waals surface area contributed by atoms with Crippen molar-refractivity contribution in [1.82, 2.24) is 20.0 Å². The Morgan fingerprint density at radius 3 is 2.93 bits per heavy atom. The number of anilines is 2. The number of piperidine rings is 1. The first-order chi connectivity index (χ1) is 13.4. The summed E-state index contributed by atoms with van der Waals surface area (Å²) in [5.74, 6) is 1.56. The Morgan fingerprint density at radius 1 is 1.25 bits per heavy atom. The molecule has 2 aliphatic heterocycles. The molecule has 1 N–H and O–H groups in total. The molecule has 28 heavy (non-hydrogen) atoms. The van der Waals surface area contributed by atoms with Crippen molar-refractivity contribution < 1.29 is 8.42 Å². The van der Waals surface area contributed by atoms with Gasteiger partial charge in [-0.15, -0.1) is 5.10 Å². The molecule has 0 spiro atoms. The molecular weight excluding hydrogens is 380 g/mol. The van der Waals surface area contributed by atoms with Crippen LogP contribution < -0.4 is 15.8 Å². The van der Waals surface area contributed by atoms with Gasteiger partial charge >= 0.3 is 0 Å². The van der Waals surface area contributed by atoms with Crippen molar-refractivity contribution in [3.05, 3.63) is 39.8 Å². The van der Waals surface area contributed by atoms with Crippen molar-refractivity contribution in [2.45, 2.75) is 37.5 Å². The average molecular weight is 404 g/mol. The predicted octanol–water partition coefficient (Wildman–Crippen LogP) is 0.512. The maximum Gasteiger partial charge on any atom is 0.266 e. The number of rotatable bonds is 4. The minimum atomic E-state index is -3.04. The summed E-state index contributed by atoms with van der Waals surface area (Å²) in [4.78, 5) is 13.8. The molecule has 0 saturated carbocycles. The summed E-state index contributed by atoms with van der Waals surface area (Å²) in [6.45, 7) is 1.52. The molecule has 1 unspecified atom stereocenters. The third-order valence-corrected chi connectivity index (χ3v) is 6.95. The molecule has 0 amide bonds. The second-order valence-corrected chi connectivity index (χ2v) is 9.60. The van der Waals surface area contributed by atoms with Gasteiger partial charge in [-0.2, -0.15) is 10.2 Å². The Hall–Kier alpha value is -2.49. The van der Waals surface area contributed by atoms with E-state index < -0.39 is 9.84 Å². The molecule has 1 fully saturated rings. The van der Waals surface area contributed by atoms with E-state index >= 15 is 0 Å². The van der Waals surface area contributed by atoms with Crippen LogP contribution in [-0.2, 0) is 29.1 Å². The van der Waals surface area contributed by atoms with E-state index in [2.05, 4.69) is 25.5 Å². The normalized spacial score (nSPS) is 21.2. The van der Waals surface area contributed by atoms with Crippen LogP contribution in [0.15, 0.2) is 23.0 Å². The van der Waals surface area contributed by atoms with Crippen LogP contribution in [0.4, 0.5) is 11.6 Å². The highest BCUT2D eigenvalue weighted by molar-refractivity contribution is 7.90. The first-order valence-corrected chi connectivity index (χ1v) is 11.3. The van der Waals surface area contributed by atoms with Gasteiger partial charge in [0.2, 0.25) is 0 Å². The number of fused-ring (bicyclic) bond motifs is 1. The van der Waals surface area contributed by atoms with E-state index in [1.807, 2.05) is 0 Å². The lowest BCUT2D eigenvalue weighted by molar-refractivity contribution is 0.464. The molecule has 2 aromatic heterocycles. The van der Waals surface area contributed by atoms with Crippen molar-refractivity contribution in [2.75, 3.05) is 29.1 Å². The SMILES string of the molecule is Cn1nc(N2CCCCC2CNc2cc3c(nn2)CCS(=O)(=O)C3)ccc1=O. The fraction of sp³-hybridized carbons (Fsp3) is 0.556. The van der Waals surface area contributed by atoms with E-state index in [0.717, 1.165) is 42.9 Å². The molecule has 2 aromatic rings. The van der Waals surface area contributed by atoms with Gasteiger partial charge in [-0.3, -0.25) is 4.79 Å².